The van der Waals surface area contributed by atoms with Gasteiger partial charge in [-0.05, 0) is 48.0 Å². The summed E-state index contributed by atoms with van der Waals surface area (Å²) in [6.07, 6.45) is 4.73. The summed E-state index contributed by atoms with van der Waals surface area (Å²) >= 11 is 0. The largest absolute Gasteiger partial charge is 0.493 e. The molecule has 0 radical (unpaired) electrons. The van der Waals surface area contributed by atoms with E-state index in [1.54, 1.807) is 43.3 Å². The van der Waals surface area contributed by atoms with E-state index in [9.17, 15) is 4.79 Å². The van der Waals surface area contributed by atoms with Crippen molar-refractivity contribution in [1.82, 2.24) is 19.8 Å². The molecular formula is C22H19N5O3. The molecule has 0 aliphatic heterocycles. The van der Waals surface area contributed by atoms with E-state index < -0.39 is 0 Å². The number of amides is 1. The maximum atomic E-state index is 12.3. The van der Waals surface area contributed by atoms with E-state index in [0.29, 0.717) is 22.8 Å². The maximum absolute atomic E-state index is 12.3. The van der Waals surface area contributed by atoms with E-state index in [1.807, 2.05) is 42.5 Å². The number of carbonyl (C=O) groups excluding carboxylic acids is 1. The third-order valence-electron chi connectivity index (χ3n) is 4.44. The highest BCUT2D eigenvalue weighted by molar-refractivity contribution is 6.02. The van der Waals surface area contributed by atoms with Crippen molar-refractivity contribution in [2.75, 3.05) is 19.5 Å². The number of methoxy groups -OCH3 is 2. The molecule has 0 aliphatic rings. The first-order valence-electron chi connectivity index (χ1n) is 9.15. The number of fused-ring (bicyclic) bond motifs is 1. The van der Waals surface area contributed by atoms with E-state index >= 15 is 0 Å². The van der Waals surface area contributed by atoms with Crippen LogP contribution in [-0.2, 0) is 4.79 Å². The molecule has 2 heterocycles. The zero-order valence-corrected chi connectivity index (χ0v) is 16.4. The molecular weight excluding hydrogens is 382 g/mol. The van der Waals surface area contributed by atoms with Crippen LogP contribution in [0.4, 0.5) is 5.69 Å². The van der Waals surface area contributed by atoms with Crippen LogP contribution in [-0.4, -0.2) is 39.9 Å². The van der Waals surface area contributed by atoms with Crippen molar-refractivity contribution >= 4 is 23.3 Å². The molecule has 150 valence electrons. The predicted octanol–water partition coefficient (Wildman–Crippen LogP) is 3.46. The quantitative estimate of drug-likeness (QED) is 0.498. The van der Waals surface area contributed by atoms with Crippen molar-refractivity contribution in [2.45, 2.75) is 0 Å². The van der Waals surface area contributed by atoms with Gasteiger partial charge in [-0.25, -0.2) is 0 Å². The summed E-state index contributed by atoms with van der Waals surface area (Å²) in [5.74, 6) is 1.01. The Morgan fingerprint density at radius 2 is 1.80 bits per heavy atom. The highest BCUT2D eigenvalue weighted by Gasteiger charge is 2.05. The van der Waals surface area contributed by atoms with Gasteiger partial charge in [-0.1, -0.05) is 18.2 Å². The number of rotatable bonds is 6. The molecule has 0 saturated heterocycles. The van der Waals surface area contributed by atoms with Gasteiger partial charge in [0.2, 0.25) is 5.91 Å². The van der Waals surface area contributed by atoms with Gasteiger partial charge in [0.15, 0.2) is 17.1 Å². The Hall–Kier alpha value is -4.20. The number of hydrogen-bond acceptors (Lipinski definition) is 6. The highest BCUT2D eigenvalue weighted by atomic mass is 16.5. The Morgan fingerprint density at radius 1 is 1.00 bits per heavy atom. The summed E-state index contributed by atoms with van der Waals surface area (Å²) in [5, 5.41) is 15.1. The SMILES string of the molecule is COc1ccc(/C=C/C(=O)Nc2ccc(-c3ccc4nncn4n3)cc2)cc1OC. The first kappa shape index (κ1) is 19.1. The van der Waals surface area contributed by atoms with Crippen LogP contribution in [0.1, 0.15) is 5.56 Å². The molecule has 30 heavy (non-hydrogen) atoms. The number of benzene rings is 2. The molecule has 1 N–H and O–H groups in total. The van der Waals surface area contributed by atoms with Crippen LogP contribution >= 0.6 is 0 Å². The summed E-state index contributed by atoms with van der Waals surface area (Å²) in [4.78, 5) is 12.3. The topological polar surface area (TPSA) is 90.6 Å². The standard InChI is InChI=1S/C22H19N5O3/c1-29-19-10-3-15(13-20(19)30-2)4-12-22(28)24-17-7-5-16(6-8-17)18-9-11-21-25-23-14-27(21)26-18/h3-14H,1-2H3,(H,24,28)/b12-4+. The second kappa shape index (κ2) is 8.44. The van der Waals surface area contributed by atoms with E-state index in [2.05, 4.69) is 20.6 Å². The fraction of sp³-hybridized carbons (Fsp3) is 0.0909. The number of nitrogens with zero attached hydrogens (tertiary/aromatic N) is 4. The molecule has 0 saturated carbocycles. The number of anilines is 1. The van der Waals surface area contributed by atoms with Crippen molar-refractivity contribution in [3.63, 3.8) is 0 Å². The monoisotopic (exact) mass is 401 g/mol. The molecule has 8 heteroatoms. The predicted molar refractivity (Wildman–Crippen MR) is 113 cm³/mol. The lowest BCUT2D eigenvalue weighted by Gasteiger charge is -2.07. The van der Waals surface area contributed by atoms with Crippen LogP contribution in [0.5, 0.6) is 11.5 Å². The zero-order valence-electron chi connectivity index (χ0n) is 16.4. The van der Waals surface area contributed by atoms with E-state index in [1.165, 1.54) is 6.08 Å². The zero-order chi connectivity index (χ0) is 20.9. The van der Waals surface area contributed by atoms with Gasteiger partial charge in [-0.3, -0.25) is 4.79 Å². The summed E-state index contributed by atoms with van der Waals surface area (Å²) < 4.78 is 12.1. The summed E-state index contributed by atoms with van der Waals surface area (Å²) in [7, 11) is 3.15. The van der Waals surface area contributed by atoms with Crippen LogP contribution in [0.3, 0.4) is 0 Å². The molecule has 2 aromatic heterocycles. The molecule has 0 aliphatic carbocycles. The molecule has 2 aromatic carbocycles. The van der Waals surface area contributed by atoms with E-state index in [-0.39, 0.29) is 5.91 Å². The summed E-state index contributed by atoms with van der Waals surface area (Å²) in [5.41, 5.74) is 3.90. The lowest BCUT2D eigenvalue weighted by Crippen LogP contribution is -2.07. The molecule has 0 unspecified atom stereocenters. The van der Waals surface area contributed by atoms with E-state index in [4.69, 9.17) is 9.47 Å². The van der Waals surface area contributed by atoms with Crippen molar-refractivity contribution < 1.29 is 14.3 Å². The minimum atomic E-state index is -0.235. The van der Waals surface area contributed by atoms with Crippen LogP contribution in [0, 0.1) is 0 Å². The lowest BCUT2D eigenvalue weighted by atomic mass is 10.1. The normalized spacial score (nSPS) is 11.0. The van der Waals surface area contributed by atoms with E-state index in [0.717, 1.165) is 16.8 Å². The van der Waals surface area contributed by atoms with Crippen LogP contribution in [0.25, 0.3) is 23.0 Å². The highest BCUT2D eigenvalue weighted by Crippen LogP contribution is 2.28. The number of carbonyl (C=O) groups is 1. The fourth-order valence-electron chi connectivity index (χ4n) is 2.92. The Balaban J connectivity index is 1.42. The minimum Gasteiger partial charge on any atom is -0.493 e. The lowest BCUT2D eigenvalue weighted by molar-refractivity contribution is -0.111. The van der Waals surface area contributed by atoms with Crippen molar-refractivity contribution in [3.05, 3.63) is 72.6 Å². The second-order valence-electron chi connectivity index (χ2n) is 6.37. The van der Waals surface area contributed by atoms with Gasteiger partial charge >= 0.3 is 0 Å². The van der Waals surface area contributed by atoms with Crippen molar-refractivity contribution in [1.29, 1.82) is 0 Å². The van der Waals surface area contributed by atoms with Crippen molar-refractivity contribution in [3.8, 4) is 22.8 Å². The third kappa shape index (κ3) is 4.12. The van der Waals surface area contributed by atoms with Crippen molar-refractivity contribution in [2.24, 2.45) is 0 Å². The molecule has 0 bridgehead atoms. The molecule has 8 nitrogen and oxygen atoms in total. The Morgan fingerprint density at radius 3 is 2.57 bits per heavy atom. The summed E-state index contributed by atoms with van der Waals surface area (Å²) in [6, 6.07) is 16.6. The minimum absolute atomic E-state index is 0.235. The Labute approximate surface area is 172 Å². The van der Waals surface area contributed by atoms with Crippen LogP contribution < -0.4 is 14.8 Å². The van der Waals surface area contributed by atoms with Crippen LogP contribution in [0.15, 0.2) is 67.0 Å². The van der Waals surface area contributed by atoms with Gasteiger partial charge in [-0.2, -0.15) is 9.61 Å². The molecule has 0 fully saturated rings. The number of nitrogens with one attached hydrogen (secondary N) is 1. The number of aromatic nitrogens is 4. The molecule has 1 amide bonds. The van der Waals surface area contributed by atoms with Gasteiger partial charge in [0, 0.05) is 17.3 Å². The average Bonchev–Trinajstić information content (AvgIpc) is 3.26. The number of hydrogen-bond donors (Lipinski definition) is 1. The molecule has 0 spiro atoms. The van der Waals surface area contributed by atoms with Gasteiger partial charge in [0.1, 0.15) is 6.33 Å². The molecule has 0 atom stereocenters. The molecule has 4 aromatic rings. The first-order chi connectivity index (χ1) is 14.7. The van der Waals surface area contributed by atoms with Crippen LogP contribution in [0.2, 0.25) is 0 Å². The maximum Gasteiger partial charge on any atom is 0.248 e. The molecule has 4 rings (SSSR count). The average molecular weight is 401 g/mol. The Kier molecular flexibility index (Phi) is 5.38. The summed E-state index contributed by atoms with van der Waals surface area (Å²) in [6.45, 7) is 0. The fourth-order valence-corrected chi connectivity index (χ4v) is 2.92. The Bertz CT molecular complexity index is 1220. The van der Waals surface area contributed by atoms with Gasteiger partial charge in [-0.15, -0.1) is 10.2 Å². The van der Waals surface area contributed by atoms with Gasteiger partial charge in [0.05, 0.1) is 19.9 Å². The van der Waals surface area contributed by atoms with Gasteiger partial charge in [0.25, 0.3) is 0 Å². The van der Waals surface area contributed by atoms with Gasteiger partial charge < -0.3 is 14.8 Å². The third-order valence-corrected chi connectivity index (χ3v) is 4.44. The smallest absolute Gasteiger partial charge is 0.248 e. The second-order valence-corrected chi connectivity index (χ2v) is 6.37. The number of ether oxygens (including phenoxy) is 2. The first-order valence-corrected chi connectivity index (χ1v) is 9.15.